The van der Waals surface area contributed by atoms with E-state index in [2.05, 4.69) is 33.0 Å². The number of anilines is 1. The Morgan fingerprint density at radius 1 is 1.42 bits per heavy atom. The van der Waals surface area contributed by atoms with E-state index >= 15 is 0 Å². The van der Waals surface area contributed by atoms with Crippen LogP contribution in [0.1, 0.15) is 23.9 Å². The average molecular weight is 258 g/mol. The van der Waals surface area contributed by atoms with Crippen molar-refractivity contribution in [2.24, 2.45) is 0 Å². The SMILES string of the molecule is CCn1nccc1CN1CCc2nc(N)ncc2C1. The Labute approximate surface area is 112 Å². The number of aryl methyl sites for hydroxylation is 1. The molecule has 0 radical (unpaired) electrons. The Hall–Kier alpha value is -1.95. The third-order valence-electron chi connectivity index (χ3n) is 3.52. The molecule has 0 atom stereocenters. The number of hydrogen-bond acceptors (Lipinski definition) is 5. The molecule has 3 rings (SSSR count). The average Bonchev–Trinajstić information content (AvgIpc) is 2.86. The van der Waals surface area contributed by atoms with Crippen molar-refractivity contribution in [2.45, 2.75) is 33.0 Å². The lowest BCUT2D eigenvalue weighted by atomic mass is 10.1. The second-order valence-electron chi connectivity index (χ2n) is 4.80. The van der Waals surface area contributed by atoms with Gasteiger partial charge in [-0.15, -0.1) is 0 Å². The van der Waals surface area contributed by atoms with Crippen LogP contribution in [0.15, 0.2) is 18.5 Å². The topological polar surface area (TPSA) is 72.9 Å². The van der Waals surface area contributed by atoms with Gasteiger partial charge in [0.2, 0.25) is 5.95 Å². The molecular weight excluding hydrogens is 240 g/mol. The number of nitrogen functional groups attached to an aromatic ring is 1. The molecule has 6 heteroatoms. The number of nitrogens with zero attached hydrogens (tertiary/aromatic N) is 5. The Morgan fingerprint density at radius 2 is 2.32 bits per heavy atom. The summed E-state index contributed by atoms with van der Waals surface area (Å²) in [6.07, 6.45) is 4.64. The predicted octanol–water partition coefficient (Wildman–Crippen LogP) is 0.834. The molecule has 1 aliphatic rings. The smallest absolute Gasteiger partial charge is 0.220 e. The van der Waals surface area contributed by atoms with Crippen molar-refractivity contribution in [3.05, 3.63) is 35.4 Å². The fourth-order valence-corrected chi connectivity index (χ4v) is 2.53. The van der Waals surface area contributed by atoms with Crippen LogP contribution in [0.5, 0.6) is 0 Å². The van der Waals surface area contributed by atoms with Gasteiger partial charge in [0, 0.05) is 50.6 Å². The highest BCUT2D eigenvalue weighted by atomic mass is 15.3. The van der Waals surface area contributed by atoms with E-state index in [4.69, 9.17) is 5.73 Å². The lowest BCUT2D eigenvalue weighted by Gasteiger charge is -2.27. The van der Waals surface area contributed by atoms with Crippen LogP contribution in [0.2, 0.25) is 0 Å². The largest absolute Gasteiger partial charge is 0.368 e. The van der Waals surface area contributed by atoms with Gasteiger partial charge in [-0.05, 0) is 13.0 Å². The molecule has 3 heterocycles. The summed E-state index contributed by atoms with van der Waals surface area (Å²) in [5.41, 5.74) is 9.14. The molecule has 2 N–H and O–H groups in total. The summed E-state index contributed by atoms with van der Waals surface area (Å²) in [5.74, 6) is 0.372. The second-order valence-corrected chi connectivity index (χ2v) is 4.80. The van der Waals surface area contributed by atoms with Crippen molar-refractivity contribution in [3.8, 4) is 0 Å². The van der Waals surface area contributed by atoms with E-state index in [0.29, 0.717) is 5.95 Å². The van der Waals surface area contributed by atoms with Crippen molar-refractivity contribution in [1.82, 2.24) is 24.6 Å². The minimum Gasteiger partial charge on any atom is -0.368 e. The van der Waals surface area contributed by atoms with E-state index in [0.717, 1.165) is 38.3 Å². The third-order valence-corrected chi connectivity index (χ3v) is 3.52. The molecule has 1 aliphatic heterocycles. The number of rotatable bonds is 3. The molecule has 0 fully saturated rings. The highest BCUT2D eigenvalue weighted by molar-refractivity contribution is 5.27. The molecule has 0 saturated carbocycles. The van der Waals surface area contributed by atoms with Gasteiger partial charge in [-0.25, -0.2) is 9.97 Å². The first-order valence-corrected chi connectivity index (χ1v) is 6.59. The molecule has 0 unspecified atom stereocenters. The van der Waals surface area contributed by atoms with Gasteiger partial charge in [-0.1, -0.05) is 0 Å². The highest BCUT2D eigenvalue weighted by Crippen LogP contribution is 2.18. The van der Waals surface area contributed by atoms with E-state index < -0.39 is 0 Å². The van der Waals surface area contributed by atoms with Gasteiger partial charge in [0.1, 0.15) is 0 Å². The van der Waals surface area contributed by atoms with Gasteiger partial charge in [-0.3, -0.25) is 9.58 Å². The molecule has 6 nitrogen and oxygen atoms in total. The van der Waals surface area contributed by atoms with Gasteiger partial charge in [0.15, 0.2) is 0 Å². The molecule has 2 aromatic rings. The summed E-state index contributed by atoms with van der Waals surface area (Å²) in [7, 11) is 0. The maximum absolute atomic E-state index is 5.62. The molecule has 19 heavy (non-hydrogen) atoms. The van der Waals surface area contributed by atoms with Crippen LogP contribution < -0.4 is 5.73 Å². The monoisotopic (exact) mass is 258 g/mol. The molecule has 0 aromatic carbocycles. The first kappa shape index (κ1) is 12.1. The molecule has 0 amide bonds. The summed E-state index contributed by atoms with van der Waals surface area (Å²) in [6, 6.07) is 2.08. The summed E-state index contributed by atoms with van der Waals surface area (Å²) in [4.78, 5) is 10.8. The highest BCUT2D eigenvalue weighted by Gasteiger charge is 2.19. The second kappa shape index (κ2) is 4.97. The van der Waals surface area contributed by atoms with E-state index in [9.17, 15) is 0 Å². The first-order valence-electron chi connectivity index (χ1n) is 6.59. The lowest BCUT2D eigenvalue weighted by Crippen LogP contribution is -2.31. The molecule has 0 saturated heterocycles. The maximum atomic E-state index is 5.62. The molecule has 100 valence electrons. The van der Waals surface area contributed by atoms with E-state index in [1.165, 1.54) is 11.3 Å². The first-order chi connectivity index (χ1) is 9.26. The number of fused-ring (bicyclic) bond motifs is 1. The Balaban J connectivity index is 1.74. The molecular formula is C13H18N6. The van der Waals surface area contributed by atoms with Crippen LogP contribution in [0.4, 0.5) is 5.95 Å². The van der Waals surface area contributed by atoms with Crippen LogP contribution >= 0.6 is 0 Å². The Morgan fingerprint density at radius 3 is 3.16 bits per heavy atom. The van der Waals surface area contributed by atoms with Gasteiger partial charge in [-0.2, -0.15) is 5.10 Å². The van der Waals surface area contributed by atoms with Crippen molar-refractivity contribution in [2.75, 3.05) is 12.3 Å². The van der Waals surface area contributed by atoms with Crippen molar-refractivity contribution in [3.63, 3.8) is 0 Å². The summed E-state index contributed by atoms with van der Waals surface area (Å²) < 4.78 is 2.04. The molecule has 0 bridgehead atoms. The molecule has 2 aromatic heterocycles. The molecule has 0 spiro atoms. The Bertz CT molecular complexity index is 576. The van der Waals surface area contributed by atoms with Crippen molar-refractivity contribution < 1.29 is 0 Å². The number of aromatic nitrogens is 4. The predicted molar refractivity (Wildman–Crippen MR) is 72.2 cm³/mol. The summed E-state index contributed by atoms with van der Waals surface area (Å²) in [6.45, 7) is 5.81. The zero-order chi connectivity index (χ0) is 13.2. The number of nitrogens with two attached hydrogens (primary N) is 1. The minimum atomic E-state index is 0.372. The fourth-order valence-electron chi connectivity index (χ4n) is 2.53. The molecule has 0 aliphatic carbocycles. The van der Waals surface area contributed by atoms with Crippen LogP contribution in [0.25, 0.3) is 0 Å². The van der Waals surface area contributed by atoms with E-state index in [1.54, 1.807) is 0 Å². The van der Waals surface area contributed by atoms with Crippen LogP contribution in [-0.4, -0.2) is 31.2 Å². The van der Waals surface area contributed by atoms with Crippen LogP contribution in [0, 0.1) is 0 Å². The van der Waals surface area contributed by atoms with Crippen LogP contribution in [0.3, 0.4) is 0 Å². The van der Waals surface area contributed by atoms with Gasteiger partial charge < -0.3 is 5.73 Å². The number of hydrogen-bond donors (Lipinski definition) is 1. The van der Waals surface area contributed by atoms with Gasteiger partial charge in [0.05, 0.1) is 11.4 Å². The van der Waals surface area contributed by atoms with Gasteiger partial charge >= 0.3 is 0 Å². The summed E-state index contributed by atoms with van der Waals surface area (Å²) in [5, 5.41) is 4.30. The standard InChI is InChI=1S/C13H18N6/c1-2-19-11(3-5-16-19)9-18-6-4-12-10(8-18)7-15-13(14)17-12/h3,5,7H,2,4,6,8-9H2,1H3,(H2,14,15,17). The van der Waals surface area contributed by atoms with Gasteiger partial charge in [0.25, 0.3) is 0 Å². The maximum Gasteiger partial charge on any atom is 0.220 e. The minimum absolute atomic E-state index is 0.372. The normalized spacial score (nSPS) is 15.4. The quantitative estimate of drug-likeness (QED) is 0.883. The Kier molecular flexibility index (Phi) is 3.16. The zero-order valence-electron chi connectivity index (χ0n) is 11.1. The fraction of sp³-hybridized carbons (Fsp3) is 0.462. The summed E-state index contributed by atoms with van der Waals surface area (Å²) >= 11 is 0. The zero-order valence-corrected chi connectivity index (χ0v) is 11.1. The van der Waals surface area contributed by atoms with E-state index in [1.807, 2.05) is 17.1 Å². The van der Waals surface area contributed by atoms with Crippen molar-refractivity contribution in [1.29, 1.82) is 0 Å². The van der Waals surface area contributed by atoms with Crippen LogP contribution in [-0.2, 0) is 26.1 Å². The van der Waals surface area contributed by atoms with E-state index in [-0.39, 0.29) is 0 Å². The van der Waals surface area contributed by atoms with Crippen molar-refractivity contribution >= 4 is 5.95 Å². The lowest BCUT2D eigenvalue weighted by molar-refractivity contribution is 0.235. The third kappa shape index (κ3) is 2.44.